The first kappa shape index (κ1) is 23.8. The second kappa shape index (κ2) is 11.1. The first-order valence-electron chi connectivity index (χ1n) is 9.51. The van der Waals surface area contributed by atoms with Crippen LogP contribution in [0.2, 0.25) is 0 Å². The molecule has 0 aromatic carbocycles. The van der Waals surface area contributed by atoms with E-state index in [0.717, 1.165) is 35.0 Å². The molecule has 0 atom stereocenters. The van der Waals surface area contributed by atoms with E-state index < -0.39 is 0 Å². The van der Waals surface area contributed by atoms with E-state index in [1.54, 1.807) is 19.4 Å². The van der Waals surface area contributed by atoms with Crippen molar-refractivity contribution in [2.75, 3.05) is 11.9 Å². The molecule has 30 heavy (non-hydrogen) atoms. The lowest BCUT2D eigenvalue weighted by molar-refractivity contribution is 0.741. The van der Waals surface area contributed by atoms with Crippen molar-refractivity contribution < 1.29 is 0 Å². The van der Waals surface area contributed by atoms with Gasteiger partial charge < -0.3 is 9.88 Å². The maximum absolute atomic E-state index is 12.3. The van der Waals surface area contributed by atoms with Gasteiger partial charge in [-0.3, -0.25) is 19.6 Å². The van der Waals surface area contributed by atoms with Crippen LogP contribution in [0.3, 0.4) is 0 Å². The normalized spacial score (nSPS) is 10.5. The number of aryl methyl sites for hydroxylation is 3. The van der Waals surface area contributed by atoms with E-state index in [0.29, 0.717) is 24.5 Å². The third-order valence-corrected chi connectivity index (χ3v) is 5.16. The minimum atomic E-state index is -0.196. The topological polar surface area (TPSA) is 92.7 Å². The molecule has 3 aromatic rings. The van der Waals surface area contributed by atoms with Crippen LogP contribution in [0, 0.1) is 6.92 Å². The number of H-pyrrole nitrogens is 1. The fourth-order valence-corrected chi connectivity index (χ4v) is 3.46. The summed E-state index contributed by atoms with van der Waals surface area (Å²) >= 11 is 3.43. The molecule has 0 aliphatic heterocycles. The highest BCUT2D eigenvalue weighted by atomic mass is 79.9. The largest absolute Gasteiger partial charge is 0.356 e. The predicted octanol–water partition coefficient (Wildman–Crippen LogP) is 3.38. The van der Waals surface area contributed by atoms with Crippen LogP contribution in [0.4, 0.5) is 5.95 Å². The van der Waals surface area contributed by atoms with Gasteiger partial charge in [0.2, 0.25) is 5.95 Å². The predicted molar refractivity (Wildman–Crippen MR) is 125 cm³/mol. The van der Waals surface area contributed by atoms with Crippen LogP contribution in [-0.2, 0) is 19.9 Å². The van der Waals surface area contributed by atoms with Crippen molar-refractivity contribution in [1.82, 2.24) is 19.5 Å². The molecule has 0 saturated heterocycles. The molecule has 9 heteroatoms. The van der Waals surface area contributed by atoms with Crippen molar-refractivity contribution >= 4 is 34.3 Å². The quantitative estimate of drug-likeness (QED) is 0.468. The molecule has 0 radical (unpaired) electrons. The van der Waals surface area contributed by atoms with Crippen LogP contribution < -0.4 is 16.4 Å². The van der Waals surface area contributed by atoms with Crippen molar-refractivity contribution in [1.29, 1.82) is 0 Å². The van der Waals surface area contributed by atoms with E-state index >= 15 is 0 Å². The summed E-state index contributed by atoms with van der Waals surface area (Å²) < 4.78 is 2.49. The molecule has 0 bridgehead atoms. The summed E-state index contributed by atoms with van der Waals surface area (Å²) in [6.07, 6.45) is 8.31. The number of pyridine rings is 2. The highest BCUT2D eigenvalue weighted by Gasteiger charge is 2.06. The van der Waals surface area contributed by atoms with Crippen LogP contribution in [0.1, 0.15) is 35.2 Å². The Morgan fingerprint density at radius 3 is 2.67 bits per heavy atom. The Labute approximate surface area is 189 Å². The van der Waals surface area contributed by atoms with E-state index in [2.05, 4.69) is 49.2 Å². The number of aromatic amines is 1. The van der Waals surface area contributed by atoms with Crippen molar-refractivity contribution in [3.8, 4) is 0 Å². The van der Waals surface area contributed by atoms with Crippen molar-refractivity contribution in [2.24, 2.45) is 7.05 Å². The Hall–Kier alpha value is -2.45. The second-order valence-electron chi connectivity index (χ2n) is 7.05. The van der Waals surface area contributed by atoms with E-state index in [9.17, 15) is 9.59 Å². The van der Waals surface area contributed by atoms with Crippen LogP contribution in [0.15, 0.2) is 50.9 Å². The lowest BCUT2D eigenvalue weighted by Gasteiger charge is -2.08. The van der Waals surface area contributed by atoms with Crippen LogP contribution in [0.5, 0.6) is 0 Å². The number of halogens is 2. The molecule has 2 N–H and O–H groups in total. The first-order valence-corrected chi connectivity index (χ1v) is 10.3. The van der Waals surface area contributed by atoms with Gasteiger partial charge in [-0.1, -0.05) is 0 Å². The molecular formula is C21H25BrClN5O2. The number of nitrogens with zero attached hydrogens (tertiary/aromatic N) is 3. The monoisotopic (exact) mass is 493 g/mol. The maximum Gasteiger partial charge on any atom is 0.255 e. The maximum atomic E-state index is 12.3. The first-order chi connectivity index (χ1) is 13.9. The minimum absolute atomic E-state index is 0. The van der Waals surface area contributed by atoms with Crippen molar-refractivity contribution in [3.05, 3.63) is 84.4 Å². The Morgan fingerprint density at radius 1 is 1.17 bits per heavy atom. The lowest BCUT2D eigenvalue weighted by Crippen LogP contribution is -2.19. The fraction of sp³-hybridized carbons (Fsp3) is 0.333. The number of hydrogen-bond donors (Lipinski definition) is 2. The Kier molecular flexibility index (Phi) is 8.80. The summed E-state index contributed by atoms with van der Waals surface area (Å²) in [5.74, 6) is 0.459. The summed E-state index contributed by atoms with van der Waals surface area (Å²) in [6, 6.07) is 5.44. The van der Waals surface area contributed by atoms with Gasteiger partial charge in [0.15, 0.2) is 0 Å². The highest BCUT2D eigenvalue weighted by molar-refractivity contribution is 9.10. The molecule has 0 aliphatic carbocycles. The molecule has 7 nitrogen and oxygen atoms in total. The summed E-state index contributed by atoms with van der Waals surface area (Å²) in [4.78, 5) is 35.5. The van der Waals surface area contributed by atoms with Gasteiger partial charge in [-0.25, -0.2) is 4.98 Å². The van der Waals surface area contributed by atoms with Gasteiger partial charge in [0, 0.05) is 60.4 Å². The second-order valence-corrected chi connectivity index (χ2v) is 7.96. The number of unbranched alkanes of at least 4 members (excludes halogenated alkanes) is 1. The average Bonchev–Trinajstić information content (AvgIpc) is 2.68. The zero-order chi connectivity index (χ0) is 20.8. The molecular weight excluding hydrogens is 470 g/mol. The van der Waals surface area contributed by atoms with Crippen LogP contribution >= 0.6 is 28.3 Å². The molecule has 0 aliphatic rings. The van der Waals surface area contributed by atoms with Gasteiger partial charge in [0.1, 0.15) is 0 Å². The molecule has 0 saturated carbocycles. The zero-order valence-electron chi connectivity index (χ0n) is 16.9. The Bertz CT molecular complexity index is 1110. The molecule has 0 fully saturated rings. The zero-order valence-corrected chi connectivity index (χ0v) is 19.3. The van der Waals surface area contributed by atoms with E-state index in [1.807, 2.05) is 12.3 Å². The molecule has 3 rings (SSSR count). The van der Waals surface area contributed by atoms with E-state index in [-0.39, 0.29) is 23.5 Å². The smallest absolute Gasteiger partial charge is 0.255 e. The number of hydrogen-bond acceptors (Lipinski definition) is 5. The van der Waals surface area contributed by atoms with Crippen molar-refractivity contribution in [3.63, 3.8) is 0 Å². The van der Waals surface area contributed by atoms with Crippen LogP contribution in [-0.4, -0.2) is 26.1 Å². The van der Waals surface area contributed by atoms with Gasteiger partial charge in [-0.2, -0.15) is 0 Å². The SMILES string of the molecule is Cc1cc(Br)cnc1CCCCNc1ncc(Cc2ccn(C)c(=O)c2)c(=O)[nH]1.Cl. The highest BCUT2D eigenvalue weighted by Crippen LogP contribution is 2.14. The standard InChI is InChI=1S/C21H24BrN5O2.ClH/c1-14-9-17(22)13-24-18(14)5-3-4-7-23-21-25-12-16(20(29)26-21)10-15-6-8-27(2)19(28)11-15;/h6,8-9,11-13H,3-5,7,10H2,1-2H3,(H2,23,25,26,29);1H. The van der Waals surface area contributed by atoms with Gasteiger partial charge in [0.05, 0.1) is 0 Å². The number of rotatable bonds is 8. The Balaban J connectivity index is 0.00000320. The fourth-order valence-electron chi connectivity index (χ4n) is 3.01. The van der Waals surface area contributed by atoms with Crippen molar-refractivity contribution in [2.45, 2.75) is 32.6 Å². The molecule has 0 spiro atoms. The summed E-state index contributed by atoms with van der Waals surface area (Å²) in [7, 11) is 1.69. The Morgan fingerprint density at radius 2 is 1.97 bits per heavy atom. The number of nitrogens with one attached hydrogen (secondary N) is 2. The summed E-state index contributed by atoms with van der Waals surface area (Å²) in [6.45, 7) is 2.78. The molecule has 160 valence electrons. The number of aromatic nitrogens is 4. The third kappa shape index (κ3) is 6.53. The average molecular weight is 495 g/mol. The van der Waals surface area contributed by atoms with E-state index in [4.69, 9.17) is 0 Å². The van der Waals surface area contributed by atoms with Gasteiger partial charge in [0.25, 0.3) is 11.1 Å². The molecule has 0 unspecified atom stereocenters. The van der Waals surface area contributed by atoms with Crippen LogP contribution in [0.25, 0.3) is 0 Å². The van der Waals surface area contributed by atoms with Gasteiger partial charge in [-0.15, -0.1) is 12.4 Å². The summed E-state index contributed by atoms with van der Waals surface area (Å²) in [5.41, 5.74) is 3.32. The van der Waals surface area contributed by atoms with Gasteiger partial charge in [-0.05, 0) is 65.4 Å². The molecule has 3 heterocycles. The molecule has 0 amide bonds. The lowest BCUT2D eigenvalue weighted by atomic mass is 10.1. The minimum Gasteiger partial charge on any atom is -0.356 e. The number of anilines is 1. The van der Waals surface area contributed by atoms with E-state index in [1.165, 1.54) is 16.2 Å². The molecule has 3 aromatic heterocycles. The third-order valence-electron chi connectivity index (χ3n) is 4.72. The summed E-state index contributed by atoms with van der Waals surface area (Å²) in [5, 5.41) is 3.16. The van der Waals surface area contributed by atoms with Gasteiger partial charge >= 0.3 is 0 Å².